The molecule has 0 unspecified atom stereocenters. The van der Waals surface area contributed by atoms with Gasteiger partial charge in [-0.1, -0.05) is 81.4 Å². The quantitative estimate of drug-likeness (QED) is 0.678. The summed E-state index contributed by atoms with van der Waals surface area (Å²) in [5.74, 6) is -0.536. The highest BCUT2D eigenvalue weighted by Gasteiger charge is 2.55. The van der Waals surface area contributed by atoms with Gasteiger partial charge in [0.2, 0.25) is 5.79 Å². The number of halogens is 1. The largest absolute Gasteiger partial charge is 0.533 e. The molecule has 0 N–H and O–H groups in total. The zero-order valence-corrected chi connectivity index (χ0v) is 18.5. The molecule has 2 aromatic carbocycles. The van der Waals surface area contributed by atoms with E-state index in [9.17, 15) is 0 Å². The second-order valence-electron chi connectivity index (χ2n) is 9.02. The molecule has 4 rings (SSSR count). The summed E-state index contributed by atoms with van der Waals surface area (Å²) >= 11 is 0. The lowest BCUT2D eigenvalue weighted by atomic mass is 10.2. The topological polar surface area (TPSA) is 27.7 Å². The summed E-state index contributed by atoms with van der Waals surface area (Å²) in [6.07, 6.45) is 0.749. The molecule has 0 radical (unpaired) electrons. The number of rotatable bonds is 4. The van der Waals surface area contributed by atoms with Crippen LogP contribution in [-0.4, -0.2) is 20.2 Å². The molecule has 0 amide bonds. The van der Waals surface area contributed by atoms with E-state index >= 15 is 4.39 Å². The van der Waals surface area contributed by atoms with Crippen LogP contribution in [0.3, 0.4) is 0 Å². The van der Waals surface area contributed by atoms with E-state index in [4.69, 9.17) is 13.9 Å². The van der Waals surface area contributed by atoms with E-state index in [2.05, 4.69) is 45.0 Å². The number of allylic oxidation sites excluding steroid dienone is 2. The summed E-state index contributed by atoms with van der Waals surface area (Å²) in [7, 11) is -2.93. The minimum atomic E-state index is -2.93. The molecule has 0 spiro atoms. The molecule has 0 bridgehead atoms. The smallest absolute Gasteiger partial charge is 0.319 e. The SMILES string of the molecule is CC1(C)OC2=CC(F)=C(O[Si](c3ccccc3)(c3ccccc3)C(C)(C)C)[C@@H]2O1. The lowest BCUT2D eigenvalue weighted by molar-refractivity contribution is -0.132. The second kappa shape index (κ2) is 6.85. The van der Waals surface area contributed by atoms with Crippen molar-refractivity contribution in [2.24, 2.45) is 0 Å². The van der Waals surface area contributed by atoms with Gasteiger partial charge < -0.3 is 13.9 Å². The molecule has 152 valence electrons. The summed E-state index contributed by atoms with van der Waals surface area (Å²) < 4.78 is 33.7. The van der Waals surface area contributed by atoms with E-state index in [0.29, 0.717) is 5.76 Å². The normalized spacial score (nSPS) is 20.9. The minimum Gasteiger partial charge on any atom is -0.533 e. The highest BCUT2D eigenvalue weighted by atomic mass is 28.4. The fraction of sp³-hybridized carbons (Fsp3) is 0.333. The van der Waals surface area contributed by atoms with Crippen molar-refractivity contribution in [1.29, 1.82) is 0 Å². The van der Waals surface area contributed by atoms with Crippen molar-refractivity contribution in [3.05, 3.63) is 84.1 Å². The van der Waals surface area contributed by atoms with Crippen LogP contribution in [0.15, 0.2) is 84.1 Å². The van der Waals surface area contributed by atoms with Crippen LogP contribution in [-0.2, 0) is 13.9 Å². The Balaban J connectivity index is 1.87. The van der Waals surface area contributed by atoms with Gasteiger partial charge in [0.15, 0.2) is 17.7 Å². The van der Waals surface area contributed by atoms with Crippen molar-refractivity contribution >= 4 is 18.7 Å². The lowest BCUT2D eigenvalue weighted by Gasteiger charge is -2.43. The van der Waals surface area contributed by atoms with Crippen molar-refractivity contribution in [2.75, 3.05) is 0 Å². The third-order valence-corrected chi connectivity index (χ3v) is 10.4. The van der Waals surface area contributed by atoms with Gasteiger partial charge in [0.05, 0.1) is 0 Å². The third kappa shape index (κ3) is 3.32. The summed E-state index contributed by atoms with van der Waals surface area (Å²) in [6.45, 7) is 10.1. The number of hydrogen-bond donors (Lipinski definition) is 0. The van der Waals surface area contributed by atoms with E-state index in [1.807, 2.05) is 50.2 Å². The maximum atomic E-state index is 15.1. The van der Waals surface area contributed by atoms with E-state index in [1.54, 1.807) is 0 Å². The van der Waals surface area contributed by atoms with Gasteiger partial charge in [-0.2, -0.15) is 0 Å². The fourth-order valence-corrected chi connectivity index (χ4v) is 8.69. The zero-order valence-electron chi connectivity index (χ0n) is 17.5. The molecular weight excluding hydrogens is 383 g/mol. The molecule has 2 aromatic rings. The van der Waals surface area contributed by atoms with Crippen LogP contribution < -0.4 is 10.4 Å². The Kier molecular flexibility index (Phi) is 4.71. The maximum absolute atomic E-state index is 15.1. The molecule has 29 heavy (non-hydrogen) atoms. The molecule has 0 saturated carbocycles. The zero-order chi connectivity index (χ0) is 20.9. The average Bonchev–Trinajstić information content (AvgIpc) is 3.10. The van der Waals surface area contributed by atoms with Crippen LogP contribution in [0.2, 0.25) is 5.04 Å². The van der Waals surface area contributed by atoms with Crippen LogP contribution in [0.4, 0.5) is 4.39 Å². The van der Waals surface area contributed by atoms with Crippen LogP contribution in [0.25, 0.3) is 0 Å². The van der Waals surface area contributed by atoms with Crippen LogP contribution in [0.1, 0.15) is 34.6 Å². The first-order valence-electron chi connectivity index (χ1n) is 9.92. The second-order valence-corrected chi connectivity index (χ2v) is 13.2. The van der Waals surface area contributed by atoms with Crippen molar-refractivity contribution in [2.45, 2.75) is 51.5 Å². The molecular formula is C24H27FO3Si. The van der Waals surface area contributed by atoms with Gasteiger partial charge >= 0.3 is 8.32 Å². The van der Waals surface area contributed by atoms with Crippen LogP contribution in [0.5, 0.6) is 0 Å². The summed E-state index contributed by atoms with van der Waals surface area (Å²) in [5.41, 5.74) is 0. The Hall–Kier alpha value is -2.37. The van der Waals surface area contributed by atoms with Gasteiger partial charge in [0, 0.05) is 19.9 Å². The molecule has 3 nitrogen and oxygen atoms in total. The molecule has 2 aliphatic rings. The van der Waals surface area contributed by atoms with Gasteiger partial charge in [-0.15, -0.1) is 0 Å². The molecule has 1 saturated heterocycles. The fourth-order valence-electron chi connectivity index (χ4n) is 4.23. The molecule has 1 aliphatic heterocycles. The monoisotopic (exact) mass is 410 g/mol. The molecule has 1 fully saturated rings. The van der Waals surface area contributed by atoms with E-state index < -0.39 is 26.0 Å². The Bertz CT molecular complexity index is 919. The lowest BCUT2D eigenvalue weighted by Crippen LogP contribution is -2.66. The van der Waals surface area contributed by atoms with Crippen LogP contribution in [0, 0.1) is 0 Å². The van der Waals surface area contributed by atoms with Crippen molar-refractivity contribution in [3.8, 4) is 0 Å². The first-order valence-corrected chi connectivity index (χ1v) is 11.8. The molecule has 1 aliphatic carbocycles. The van der Waals surface area contributed by atoms with Crippen LogP contribution >= 0.6 is 0 Å². The molecule has 0 aromatic heterocycles. The number of hydrogen-bond acceptors (Lipinski definition) is 3. The average molecular weight is 411 g/mol. The van der Waals surface area contributed by atoms with Crippen molar-refractivity contribution < 1.29 is 18.3 Å². The first kappa shape index (κ1) is 19.9. The number of ether oxygens (including phenoxy) is 2. The Morgan fingerprint density at radius 3 is 1.93 bits per heavy atom. The Morgan fingerprint density at radius 1 is 0.931 bits per heavy atom. The van der Waals surface area contributed by atoms with Crippen molar-refractivity contribution in [3.63, 3.8) is 0 Å². The predicted molar refractivity (Wildman–Crippen MR) is 115 cm³/mol. The standard InChI is InChI=1S/C24H27FO3Si/c1-23(2,3)29(17-12-8-6-9-13-17,18-14-10-7-11-15-18)28-21-19(25)16-20-22(21)27-24(4,5)26-20/h6-16,22H,1-5H3/t22-/m1/s1. The number of fused-ring (bicyclic) bond motifs is 1. The van der Waals surface area contributed by atoms with Gasteiger partial charge in [-0.25, -0.2) is 4.39 Å². The predicted octanol–water partition coefficient (Wildman–Crippen LogP) is 4.79. The Labute approximate surface area is 172 Å². The van der Waals surface area contributed by atoms with E-state index in [1.165, 1.54) is 6.08 Å². The summed E-state index contributed by atoms with van der Waals surface area (Å²) in [6, 6.07) is 20.4. The van der Waals surface area contributed by atoms with Gasteiger partial charge in [-0.05, 0) is 15.4 Å². The first-order chi connectivity index (χ1) is 13.6. The molecule has 1 atom stereocenters. The Morgan fingerprint density at radius 2 is 1.45 bits per heavy atom. The van der Waals surface area contributed by atoms with E-state index in [-0.39, 0.29) is 10.8 Å². The van der Waals surface area contributed by atoms with Gasteiger partial charge in [-0.3, -0.25) is 0 Å². The highest BCUT2D eigenvalue weighted by Crippen LogP contribution is 2.45. The maximum Gasteiger partial charge on any atom is 0.319 e. The summed E-state index contributed by atoms with van der Waals surface area (Å²) in [4.78, 5) is 0. The minimum absolute atomic E-state index is 0.222. The molecule has 1 heterocycles. The highest BCUT2D eigenvalue weighted by molar-refractivity contribution is 6.99. The summed E-state index contributed by atoms with van der Waals surface area (Å²) in [5, 5.41) is 1.91. The van der Waals surface area contributed by atoms with E-state index in [0.717, 1.165) is 10.4 Å². The van der Waals surface area contributed by atoms with Crippen molar-refractivity contribution in [1.82, 2.24) is 0 Å². The van der Waals surface area contributed by atoms with Gasteiger partial charge in [0.25, 0.3) is 0 Å². The third-order valence-electron chi connectivity index (χ3n) is 5.45. The van der Waals surface area contributed by atoms with Gasteiger partial charge in [0.1, 0.15) is 5.76 Å². The number of benzene rings is 2. The molecule has 5 heteroatoms.